The van der Waals surface area contributed by atoms with Crippen molar-refractivity contribution in [3.63, 3.8) is 0 Å². The molecule has 3 heterocycles. The highest BCUT2D eigenvalue weighted by atomic mass is 32.1. The van der Waals surface area contributed by atoms with E-state index in [-0.39, 0.29) is 23.4 Å². The molecule has 0 fully saturated rings. The maximum Gasteiger partial charge on any atom is 0.338 e. The zero-order valence-corrected chi connectivity index (χ0v) is 25.0. The van der Waals surface area contributed by atoms with Gasteiger partial charge < -0.3 is 18.6 Å². The van der Waals surface area contributed by atoms with Crippen LogP contribution >= 0.6 is 11.3 Å². The van der Waals surface area contributed by atoms with Crippen LogP contribution in [0.1, 0.15) is 43.7 Å². The third-order valence-corrected chi connectivity index (χ3v) is 7.97. The van der Waals surface area contributed by atoms with Crippen molar-refractivity contribution in [2.24, 2.45) is 4.99 Å². The Labute approximate surface area is 250 Å². The van der Waals surface area contributed by atoms with Crippen LogP contribution in [-0.4, -0.2) is 35.8 Å². The molecule has 1 aliphatic rings. The molecule has 5 rings (SSSR count). The number of hydrogen-bond acceptors (Lipinski definition) is 10. The molecule has 2 aromatic carbocycles. The van der Waals surface area contributed by atoms with E-state index in [1.807, 2.05) is 6.92 Å². The SMILES string of the molecule is CCOC(=O)C1=C(C)N=c2s/c(=C\c3ccc(-c4cccc([N+](=O)[O-])c4C)o3)c(=O)n2[C@@H]1c1ccc(OC)c(OCC)c1. The lowest BCUT2D eigenvalue weighted by Crippen LogP contribution is -2.39. The van der Waals surface area contributed by atoms with Gasteiger partial charge in [-0.2, -0.15) is 0 Å². The molecular weight excluding hydrogens is 574 g/mol. The van der Waals surface area contributed by atoms with Crippen molar-refractivity contribution in [3.8, 4) is 22.8 Å². The van der Waals surface area contributed by atoms with E-state index < -0.39 is 16.9 Å². The summed E-state index contributed by atoms with van der Waals surface area (Å²) in [5, 5.41) is 11.4. The first-order chi connectivity index (χ1) is 20.7. The summed E-state index contributed by atoms with van der Waals surface area (Å²) >= 11 is 1.16. The second-order valence-corrected chi connectivity index (χ2v) is 10.6. The molecule has 0 spiro atoms. The molecule has 0 saturated carbocycles. The van der Waals surface area contributed by atoms with Crippen LogP contribution in [0, 0.1) is 17.0 Å². The number of rotatable bonds is 9. The first kappa shape index (κ1) is 29.5. The first-order valence-corrected chi connectivity index (χ1v) is 14.3. The van der Waals surface area contributed by atoms with Crippen molar-refractivity contribution < 1.29 is 28.3 Å². The molecule has 43 heavy (non-hydrogen) atoms. The number of fused-ring (bicyclic) bond motifs is 1. The summed E-state index contributed by atoms with van der Waals surface area (Å²) in [6.07, 6.45) is 1.60. The second-order valence-electron chi connectivity index (χ2n) is 9.55. The van der Waals surface area contributed by atoms with Gasteiger partial charge in [0.05, 0.1) is 47.1 Å². The van der Waals surface area contributed by atoms with Crippen molar-refractivity contribution in [3.05, 3.63) is 106 Å². The fraction of sp³-hybridized carbons (Fsp3) is 0.258. The minimum absolute atomic E-state index is 0.0115. The average Bonchev–Trinajstić information content (AvgIpc) is 3.56. The fourth-order valence-electron chi connectivity index (χ4n) is 5.03. The lowest BCUT2D eigenvalue weighted by molar-refractivity contribution is -0.385. The molecule has 1 aliphatic heterocycles. The standard InChI is InChI=1S/C31H29N3O8S/c1-6-40-25-15-19(11-13-24(25)39-5)28-27(30(36)41-7-2)18(4)32-31-33(28)29(35)26(43-31)16-20-12-14-23(42-20)21-9-8-10-22(17(21)3)34(37)38/h8-16,28H,6-7H2,1-5H3/b26-16-/t28-/m1/s1. The smallest absolute Gasteiger partial charge is 0.338 e. The predicted molar refractivity (Wildman–Crippen MR) is 160 cm³/mol. The van der Waals surface area contributed by atoms with Crippen LogP contribution in [0.2, 0.25) is 0 Å². The van der Waals surface area contributed by atoms with Crippen molar-refractivity contribution in [2.45, 2.75) is 33.7 Å². The Balaban J connectivity index is 1.65. The molecule has 0 bridgehead atoms. The number of nitro groups is 1. The molecule has 12 heteroatoms. The van der Waals surface area contributed by atoms with Gasteiger partial charge in [0.2, 0.25) is 0 Å². The van der Waals surface area contributed by atoms with Crippen LogP contribution in [0.5, 0.6) is 11.5 Å². The van der Waals surface area contributed by atoms with Crippen LogP contribution < -0.4 is 24.4 Å². The number of furan rings is 1. The number of nitrogens with zero attached hydrogens (tertiary/aromatic N) is 3. The third-order valence-electron chi connectivity index (χ3n) is 6.99. The number of carbonyl (C=O) groups is 1. The number of hydrogen-bond donors (Lipinski definition) is 0. The van der Waals surface area contributed by atoms with E-state index in [4.69, 9.17) is 18.6 Å². The summed E-state index contributed by atoms with van der Waals surface area (Å²) in [6.45, 7) is 7.49. The Morgan fingerprint density at radius 1 is 1.14 bits per heavy atom. The number of ether oxygens (including phenoxy) is 3. The number of benzene rings is 2. The second kappa shape index (κ2) is 12.1. The molecule has 2 aromatic heterocycles. The van der Waals surface area contributed by atoms with Gasteiger partial charge in [-0.25, -0.2) is 9.79 Å². The van der Waals surface area contributed by atoms with Crippen molar-refractivity contribution in [1.82, 2.24) is 4.57 Å². The Hall–Kier alpha value is -4.97. The number of carbonyl (C=O) groups excluding carboxylic acids is 1. The largest absolute Gasteiger partial charge is 0.493 e. The van der Waals surface area contributed by atoms with Crippen molar-refractivity contribution in [2.75, 3.05) is 20.3 Å². The normalized spacial score (nSPS) is 14.7. The molecule has 1 atom stereocenters. The van der Waals surface area contributed by atoms with Gasteiger partial charge in [0, 0.05) is 23.3 Å². The Bertz CT molecular complexity index is 1950. The molecule has 0 unspecified atom stereocenters. The molecule has 0 saturated heterocycles. The van der Waals surface area contributed by atoms with Gasteiger partial charge in [-0.1, -0.05) is 29.5 Å². The number of nitro benzene ring substituents is 1. The Kier molecular flexibility index (Phi) is 8.31. The molecule has 0 aliphatic carbocycles. The maximum absolute atomic E-state index is 14.0. The highest BCUT2D eigenvalue weighted by Gasteiger charge is 2.34. The quantitative estimate of drug-likeness (QED) is 0.153. The summed E-state index contributed by atoms with van der Waals surface area (Å²) in [6, 6.07) is 12.6. The highest BCUT2D eigenvalue weighted by molar-refractivity contribution is 7.07. The van der Waals surface area contributed by atoms with Gasteiger partial charge in [0.25, 0.3) is 11.2 Å². The van der Waals surface area contributed by atoms with Gasteiger partial charge in [0.1, 0.15) is 11.5 Å². The van der Waals surface area contributed by atoms with Crippen molar-refractivity contribution >= 4 is 29.1 Å². The molecule has 0 amide bonds. The highest BCUT2D eigenvalue weighted by Crippen LogP contribution is 2.36. The molecule has 222 valence electrons. The summed E-state index contributed by atoms with van der Waals surface area (Å²) in [5.74, 6) is 1.23. The lowest BCUT2D eigenvalue weighted by Gasteiger charge is -2.25. The van der Waals surface area contributed by atoms with Gasteiger partial charge in [-0.05, 0) is 57.5 Å². The van der Waals surface area contributed by atoms with Gasteiger partial charge >= 0.3 is 5.97 Å². The number of aromatic nitrogens is 1. The Morgan fingerprint density at radius 2 is 1.93 bits per heavy atom. The molecule has 0 N–H and O–H groups in total. The predicted octanol–water partition coefficient (Wildman–Crippen LogP) is 4.68. The topological polar surface area (TPSA) is 135 Å². The van der Waals surface area contributed by atoms with Crippen LogP contribution in [0.3, 0.4) is 0 Å². The number of allylic oxidation sites excluding steroid dienone is 1. The summed E-state index contributed by atoms with van der Waals surface area (Å²) < 4.78 is 24.4. The zero-order chi connectivity index (χ0) is 30.8. The summed E-state index contributed by atoms with van der Waals surface area (Å²) in [5.41, 5.74) is 1.97. The third kappa shape index (κ3) is 5.48. The van der Waals surface area contributed by atoms with Crippen LogP contribution in [0.25, 0.3) is 17.4 Å². The monoisotopic (exact) mass is 603 g/mol. The summed E-state index contributed by atoms with van der Waals surface area (Å²) in [7, 11) is 1.54. The minimum atomic E-state index is -0.831. The molecule has 4 aromatic rings. The van der Waals surface area contributed by atoms with Gasteiger partial charge in [-0.3, -0.25) is 19.5 Å². The molecular formula is C31H29N3O8S. The van der Waals surface area contributed by atoms with E-state index in [2.05, 4.69) is 4.99 Å². The number of thiazole rings is 1. The van der Waals surface area contributed by atoms with Crippen LogP contribution in [-0.2, 0) is 9.53 Å². The molecule has 11 nitrogen and oxygen atoms in total. The van der Waals surface area contributed by atoms with Crippen LogP contribution in [0.15, 0.2) is 74.0 Å². The zero-order valence-electron chi connectivity index (χ0n) is 24.2. The van der Waals surface area contributed by atoms with Gasteiger partial charge in [0.15, 0.2) is 16.3 Å². The number of methoxy groups -OCH3 is 1. The van der Waals surface area contributed by atoms with E-state index in [0.29, 0.717) is 61.3 Å². The van der Waals surface area contributed by atoms with E-state index in [0.717, 1.165) is 11.3 Å². The number of esters is 1. The maximum atomic E-state index is 14.0. The van der Waals surface area contributed by atoms with Crippen LogP contribution in [0.4, 0.5) is 5.69 Å². The van der Waals surface area contributed by atoms with E-state index in [1.165, 1.54) is 17.7 Å². The van der Waals surface area contributed by atoms with E-state index in [1.54, 1.807) is 69.3 Å². The van der Waals surface area contributed by atoms with Crippen molar-refractivity contribution in [1.29, 1.82) is 0 Å². The van der Waals surface area contributed by atoms with E-state index >= 15 is 0 Å². The Morgan fingerprint density at radius 3 is 2.63 bits per heavy atom. The van der Waals surface area contributed by atoms with Gasteiger partial charge in [-0.15, -0.1) is 0 Å². The minimum Gasteiger partial charge on any atom is -0.493 e. The fourth-order valence-corrected chi connectivity index (χ4v) is 6.06. The lowest BCUT2D eigenvalue weighted by atomic mass is 9.95. The average molecular weight is 604 g/mol. The first-order valence-electron chi connectivity index (χ1n) is 13.5. The van der Waals surface area contributed by atoms with E-state index in [9.17, 15) is 19.7 Å². The summed E-state index contributed by atoms with van der Waals surface area (Å²) in [4.78, 5) is 43.1. The molecule has 0 radical (unpaired) electrons.